The Labute approximate surface area is 174 Å². The molecule has 6 nitrogen and oxygen atoms in total. The molecule has 2 aromatic heterocycles. The summed E-state index contributed by atoms with van der Waals surface area (Å²) in [7, 11) is 0. The average molecular weight is 446 g/mol. The second-order valence-corrected chi connectivity index (χ2v) is 7.53. The molecule has 0 unspecified atom stereocenters. The molecule has 1 aliphatic rings. The Balaban J connectivity index is 1.43. The number of ether oxygens (including phenoxy) is 1. The van der Waals surface area contributed by atoms with E-state index < -0.39 is 11.9 Å². The predicted octanol–water partition coefficient (Wildman–Crippen LogP) is 4.64. The second kappa shape index (κ2) is 7.97. The van der Waals surface area contributed by atoms with Crippen LogP contribution in [-0.4, -0.2) is 38.8 Å². The van der Waals surface area contributed by atoms with Crippen LogP contribution in [-0.2, 0) is 17.5 Å². The third-order valence-electron chi connectivity index (χ3n) is 4.76. The summed E-state index contributed by atoms with van der Waals surface area (Å²) in [6, 6.07) is 6.34. The van der Waals surface area contributed by atoms with Gasteiger partial charge in [-0.05, 0) is 30.5 Å². The van der Waals surface area contributed by atoms with Gasteiger partial charge in [-0.2, -0.15) is 27.8 Å². The van der Waals surface area contributed by atoms with Crippen molar-refractivity contribution in [3.63, 3.8) is 0 Å². The lowest BCUT2D eigenvalue weighted by Gasteiger charge is -2.33. The molecule has 0 bridgehead atoms. The van der Waals surface area contributed by atoms with E-state index in [1.54, 1.807) is 12.1 Å². The number of alkyl halides is 3. The molecule has 1 saturated heterocycles. The van der Waals surface area contributed by atoms with Gasteiger partial charge in [-0.15, -0.1) is 0 Å². The summed E-state index contributed by atoms with van der Waals surface area (Å²) < 4.78 is 46.8. The highest BCUT2D eigenvalue weighted by molar-refractivity contribution is 6.42. The molecule has 29 heavy (non-hydrogen) atoms. The topological polar surface area (TPSA) is 55.6 Å². The van der Waals surface area contributed by atoms with E-state index in [0.717, 1.165) is 11.6 Å². The number of rotatable bonds is 4. The molecule has 0 saturated carbocycles. The Morgan fingerprint density at radius 3 is 2.55 bits per heavy atom. The number of piperidine rings is 1. The zero-order valence-corrected chi connectivity index (χ0v) is 16.5. The minimum Gasteiger partial charge on any atom is -0.373 e. The molecule has 0 spiro atoms. The van der Waals surface area contributed by atoms with Crippen LogP contribution in [0.15, 0.2) is 30.6 Å². The highest BCUT2D eigenvalue weighted by Crippen LogP contribution is 2.31. The fraction of sp³-hybridized carbons (Fsp3) is 0.389. The number of fused-ring (bicyclic) bond motifs is 1. The lowest BCUT2D eigenvalue weighted by atomic mass is 10.1. The van der Waals surface area contributed by atoms with Crippen molar-refractivity contribution < 1.29 is 17.9 Å². The van der Waals surface area contributed by atoms with Gasteiger partial charge in [0, 0.05) is 19.2 Å². The van der Waals surface area contributed by atoms with Gasteiger partial charge in [0.25, 0.3) is 5.78 Å². The molecule has 1 aromatic carbocycles. The Hall–Kier alpha value is -2.10. The minimum atomic E-state index is -4.55. The third-order valence-corrected chi connectivity index (χ3v) is 5.50. The van der Waals surface area contributed by atoms with E-state index in [9.17, 15) is 13.2 Å². The number of aromatic nitrogens is 4. The first-order chi connectivity index (χ1) is 13.8. The minimum absolute atomic E-state index is 0.00383. The van der Waals surface area contributed by atoms with E-state index in [-0.39, 0.29) is 11.9 Å². The van der Waals surface area contributed by atoms with Gasteiger partial charge in [-0.25, -0.2) is 4.98 Å². The summed E-state index contributed by atoms with van der Waals surface area (Å²) in [5.74, 6) is 0.246. The molecule has 0 amide bonds. The standard InChI is InChI=1S/C18H16Cl2F3N5O/c19-13-2-1-11(7-14(13)20)9-29-12-3-5-27(6-4-12)16-8-15(18(21,22)23)26-17-24-10-25-28(16)17/h1-2,7-8,10,12H,3-6,9H2. The van der Waals surface area contributed by atoms with E-state index in [1.165, 1.54) is 10.8 Å². The summed E-state index contributed by atoms with van der Waals surface area (Å²) in [5, 5.41) is 4.96. The monoisotopic (exact) mass is 445 g/mol. The van der Waals surface area contributed by atoms with E-state index in [2.05, 4.69) is 15.1 Å². The molecule has 154 valence electrons. The Morgan fingerprint density at radius 1 is 1.10 bits per heavy atom. The van der Waals surface area contributed by atoms with Gasteiger partial charge in [0.15, 0.2) is 5.69 Å². The molecular formula is C18H16Cl2F3N5O. The number of benzene rings is 1. The van der Waals surface area contributed by atoms with E-state index in [4.69, 9.17) is 27.9 Å². The largest absolute Gasteiger partial charge is 0.433 e. The fourth-order valence-corrected chi connectivity index (χ4v) is 3.58. The summed E-state index contributed by atoms with van der Waals surface area (Å²) in [5.41, 5.74) is -0.0684. The Kier molecular flexibility index (Phi) is 5.54. The molecule has 1 aliphatic heterocycles. The summed E-state index contributed by atoms with van der Waals surface area (Å²) in [6.45, 7) is 1.45. The number of halogens is 5. The fourth-order valence-electron chi connectivity index (χ4n) is 3.26. The number of hydrogen-bond donors (Lipinski definition) is 0. The number of nitrogens with zero attached hydrogens (tertiary/aromatic N) is 5. The van der Waals surface area contributed by atoms with Gasteiger partial charge in [-0.1, -0.05) is 29.3 Å². The zero-order chi connectivity index (χ0) is 20.6. The molecular weight excluding hydrogens is 430 g/mol. The smallest absolute Gasteiger partial charge is 0.373 e. The van der Waals surface area contributed by atoms with Gasteiger partial charge >= 0.3 is 6.18 Å². The van der Waals surface area contributed by atoms with Crippen LogP contribution in [0.5, 0.6) is 0 Å². The first kappa shape index (κ1) is 20.2. The van der Waals surface area contributed by atoms with Crippen LogP contribution >= 0.6 is 23.2 Å². The molecule has 0 aliphatic carbocycles. The van der Waals surface area contributed by atoms with Crippen molar-refractivity contribution in [3.05, 3.63) is 51.9 Å². The van der Waals surface area contributed by atoms with E-state index in [1.807, 2.05) is 11.0 Å². The predicted molar refractivity (Wildman–Crippen MR) is 102 cm³/mol. The van der Waals surface area contributed by atoms with Crippen molar-refractivity contribution >= 4 is 34.8 Å². The van der Waals surface area contributed by atoms with Crippen LogP contribution in [0.2, 0.25) is 10.0 Å². The number of anilines is 1. The van der Waals surface area contributed by atoms with Gasteiger partial charge in [0.05, 0.1) is 22.8 Å². The van der Waals surface area contributed by atoms with Gasteiger partial charge in [0.2, 0.25) is 0 Å². The molecule has 0 radical (unpaired) electrons. The summed E-state index contributed by atoms with van der Waals surface area (Å²) in [4.78, 5) is 9.20. The average Bonchev–Trinajstić information content (AvgIpc) is 3.17. The van der Waals surface area contributed by atoms with E-state index >= 15 is 0 Å². The van der Waals surface area contributed by atoms with Crippen molar-refractivity contribution in [1.82, 2.24) is 19.6 Å². The number of hydrogen-bond acceptors (Lipinski definition) is 5. The van der Waals surface area contributed by atoms with Crippen molar-refractivity contribution in [2.45, 2.75) is 31.7 Å². The molecule has 0 N–H and O–H groups in total. The molecule has 0 atom stereocenters. The summed E-state index contributed by atoms with van der Waals surface area (Å²) >= 11 is 11.9. The zero-order valence-electron chi connectivity index (χ0n) is 15.0. The molecule has 3 aromatic rings. The van der Waals surface area contributed by atoms with Crippen molar-refractivity contribution in [3.8, 4) is 0 Å². The first-order valence-corrected chi connectivity index (χ1v) is 9.65. The Bertz CT molecular complexity index is 1020. The Morgan fingerprint density at radius 2 is 1.86 bits per heavy atom. The van der Waals surface area contributed by atoms with Gasteiger partial charge in [-0.3, -0.25) is 0 Å². The lowest BCUT2D eigenvalue weighted by Crippen LogP contribution is -2.38. The van der Waals surface area contributed by atoms with Crippen molar-refractivity contribution in [1.29, 1.82) is 0 Å². The maximum Gasteiger partial charge on any atom is 0.433 e. The molecule has 3 heterocycles. The van der Waals surface area contributed by atoms with Crippen LogP contribution in [0.25, 0.3) is 5.78 Å². The normalized spacial score (nSPS) is 16.0. The van der Waals surface area contributed by atoms with Crippen LogP contribution < -0.4 is 4.90 Å². The van der Waals surface area contributed by atoms with Crippen LogP contribution in [0, 0.1) is 0 Å². The maximum atomic E-state index is 13.2. The molecule has 4 rings (SSSR count). The molecule has 1 fully saturated rings. The highest BCUT2D eigenvalue weighted by Gasteiger charge is 2.35. The molecule has 11 heteroatoms. The van der Waals surface area contributed by atoms with Crippen LogP contribution in [0.1, 0.15) is 24.1 Å². The van der Waals surface area contributed by atoms with Crippen molar-refractivity contribution in [2.75, 3.05) is 18.0 Å². The van der Waals surface area contributed by atoms with Gasteiger partial charge in [0.1, 0.15) is 12.1 Å². The lowest BCUT2D eigenvalue weighted by molar-refractivity contribution is -0.141. The maximum absolute atomic E-state index is 13.2. The van der Waals surface area contributed by atoms with E-state index in [0.29, 0.717) is 48.4 Å². The summed E-state index contributed by atoms with van der Waals surface area (Å²) in [6.07, 6.45) is -2.03. The highest BCUT2D eigenvalue weighted by atomic mass is 35.5. The van der Waals surface area contributed by atoms with Crippen LogP contribution in [0.3, 0.4) is 0 Å². The van der Waals surface area contributed by atoms with Gasteiger partial charge < -0.3 is 9.64 Å². The van der Waals surface area contributed by atoms with Crippen molar-refractivity contribution in [2.24, 2.45) is 0 Å². The van der Waals surface area contributed by atoms with Crippen LogP contribution in [0.4, 0.5) is 19.0 Å². The first-order valence-electron chi connectivity index (χ1n) is 8.90. The quantitative estimate of drug-likeness (QED) is 0.585. The second-order valence-electron chi connectivity index (χ2n) is 6.72. The SMILES string of the molecule is FC(F)(F)c1cc(N2CCC(OCc3ccc(Cl)c(Cl)c3)CC2)n2ncnc2n1. The third kappa shape index (κ3) is 4.41.